The van der Waals surface area contributed by atoms with Gasteiger partial charge < -0.3 is 10.6 Å². The Kier molecular flexibility index (Phi) is 5.63. The lowest BCUT2D eigenvalue weighted by Gasteiger charge is -2.08. The minimum atomic E-state index is -0.128. The molecule has 142 valence electrons. The van der Waals surface area contributed by atoms with Gasteiger partial charge in [-0.1, -0.05) is 18.2 Å². The summed E-state index contributed by atoms with van der Waals surface area (Å²) in [5.41, 5.74) is 1.34. The molecule has 0 spiro atoms. The Morgan fingerprint density at radius 1 is 1.18 bits per heavy atom. The first-order chi connectivity index (χ1) is 13.7. The first kappa shape index (κ1) is 18.6. The van der Waals surface area contributed by atoms with E-state index in [2.05, 4.69) is 47.7 Å². The number of rotatable bonds is 7. The van der Waals surface area contributed by atoms with E-state index in [1.165, 1.54) is 11.2 Å². The number of hydrogen-bond donors (Lipinski definition) is 2. The average molecular weight is 457 g/mol. The summed E-state index contributed by atoms with van der Waals surface area (Å²) >= 11 is 5.09. The van der Waals surface area contributed by atoms with Crippen molar-refractivity contribution in [1.82, 2.24) is 25.1 Å². The van der Waals surface area contributed by atoms with Crippen molar-refractivity contribution in [3.8, 4) is 0 Å². The first-order valence-electron chi connectivity index (χ1n) is 8.68. The summed E-state index contributed by atoms with van der Waals surface area (Å²) in [4.78, 5) is 22.2. The molecule has 28 heavy (non-hydrogen) atoms. The molecule has 0 radical (unpaired) electrons. The van der Waals surface area contributed by atoms with Gasteiger partial charge in [0.1, 0.15) is 12.1 Å². The van der Waals surface area contributed by atoms with Crippen LogP contribution in [0.1, 0.15) is 15.2 Å². The van der Waals surface area contributed by atoms with Crippen molar-refractivity contribution < 1.29 is 4.79 Å². The van der Waals surface area contributed by atoms with Crippen LogP contribution in [0.5, 0.6) is 0 Å². The average Bonchev–Trinajstić information content (AvgIpc) is 3.37. The number of carbonyl (C=O) groups excluding carboxylic acids is 1. The number of nitrogens with one attached hydrogen (secondary N) is 2. The van der Waals surface area contributed by atoms with Crippen LogP contribution in [0.2, 0.25) is 0 Å². The van der Waals surface area contributed by atoms with Crippen LogP contribution in [0.4, 0.5) is 5.82 Å². The fourth-order valence-electron chi connectivity index (χ4n) is 2.80. The quantitative estimate of drug-likeness (QED) is 0.442. The number of anilines is 1. The van der Waals surface area contributed by atoms with Gasteiger partial charge in [-0.2, -0.15) is 5.10 Å². The number of benzene rings is 1. The van der Waals surface area contributed by atoms with Gasteiger partial charge in [-0.15, -0.1) is 11.3 Å². The highest BCUT2D eigenvalue weighted by molar-refractivity contribution is 9.10. The number of amides is 1. The minimum absolute atomic E-state index is 0.128. The van der Waals surface area contributed by atoms with E-state index in [4.69, 9.17) is 0 Å². The number of thiophene rings is 1. The van der Waals surface area contributed by atoms with E-state index in [-0.39, 0.29) is 5.91 Å². The number of aromatic nitrogens is 4. The van der Waals surface area contributed by atoms with Crippen LogP contribution >= 0.6 is 27.3 Å². The largest absolute Gasteiger partial charge is 0.364 e. The molecule has 0 atom stereocenters. The molecular formula is C19H17BrN6OS. The molecule has 2 N–H and O–H groups in total. The highest BCUT2D eigenvalue weighted by Crippen LogP contribution is 2.20. The SMILES string of the molecule is O=C(NCCn1ncc2c(NCc3cccs3)ncnc21)c1ccccc1Br. The smallest absolute Gasteiger partial charge is 0.252 e. The van der Waals surface area contributed by atoms with Gasteiger partial charge in [-0.25, -0.2) is 14.6 Å². The number of nitrogens with zero attached hydrogens (tertiary/aromatic N) is 4. The Morgan fingerprint density at radius 2 is 2.07 bits per heavy atom. The van der Waals surface area contributed by atoms with Crippen molar-refractivity contribution in [3.05, 3.63) is 69.2 Å². The van der Waals surface area contributed by atoms with Gasteiger partial charge in [0.15, 0.2) is 5.65 Å². The predicted octanol–water partition coefficient (Wildman–Crippen LogP) is 3.69. The molecule has 0 fully saturated rings. The molecule has 0 saturated heterocycles. The third-order valence-electron chi connectivity index (χ3n) is 4.17. The molecular weight excluding hydrogens is 440 g/mol. The zero-order valence-electron chi connectivity index (χ0n) is 14.8. The lowest BCUT2D eigenvalue weighted by Crippen LogP contribution is -2.27. The van der Waals surface area contributed by atoms with E-state index in [0.717, 1.165) is 21.3 Å². The van der Waals surface area contributed by atoms with Crippen molar-refractivity contribution >= 4 is 50.0 Å². The fourth-order valence-corrected chi connectivity index (χ4v) is 3.91. The zero-order chi connectivity index (χ0) is 19.3. The van der Waals surface area contributed by atoms with E-state index in [1.54, 1.807) is 28.3 Å². The summed E-state index contributed by atoms with van der Waals surface area (Å²) < 4.78 is 2.54. The summed E-state index contributed by atoms with van der Waals surface area (Å²) in [7, 11) is 0. The molecule has 4 aromatic rings. The monoisotopic (exact) mass is 456 g/mol. The van der Waals surface area contributed by atoms with Crippen molar-refractivity contribution in [2.45, 2.75) is 13.1 Å². The highest BCUT2D eigenvalue weighted by atomic mass is 79.9. The fraction of sp³-hybridized carbons (Fsp3) is 0.158. The molecule has 1 amide bonds. The Morgan fingerprint density at radius 3 is 2.89 bits per heavy atom. The van der Waals surface area contributed by atoms with Gasteiger partial charge in [-0.05, 0) is 39.5 Å². The molecule has 1 aromatic carbocycles. The van der Waals surface area contributed by atoms with Crippen LogP contribution in [-0.4, -0.2) is 32.2 Å². The lowest BCUT2D eigenvalue weighted by molar-refractivity contribution is 0.0951. The molecule has 0 bridgehead atoms. The number of hydrogen-bond acceptors (Lipinski definition) is 6. The maximum absolute atomic E-state index is 12.3. The minimum Gasteiger partial charge on any atom is -0.364 e. The van der Waals surface area contributed by atoms with Gasteiger partial charge >= 0.3 is 0 Å². The van der Waals surface area contributed by atoms with Crippen molar-refractivity contribution in [2.75, 3.05) is 11.9 Å². The standard InChI is InChI=1S/C19H17BrN6OS/c20-16-6-2-1-5-14(16)19(27)21-7-8-26-18-15(11-25-26)17(23-12-24-18)22-10-13-4-3-9-28-13/h1-6,9,11-12H,7-8,10H2,(H,21,27)(H,22,23,24). The Bertz CT molecular complexity index is 1090. The van der Waals surface area contributed by atoms with Crippen molar-refractivity contribution in [3.63, 3.8) is 0 Å². The molecule has 0 unspecified atom stereocenters. The van der Waals surface area contributed by atoms with Crippen LogP contribution in [0.25, 0.3) is 11.0 Å². The second-order valence-corrected chi connectivity index (χ2v) is 7.88. The number of fused-ring (bicyclic) bond motifs is 1. The van der Waals surface area contributed by atoms with Crippen LogP contribution < -0.4 is 10.6 Å². The maximum atomic E-state index is 12.3. The number of carbonyl (C=O) groups is 1. The van der Waals surface area contributed by atoms with Gasteiger partial charge in [0.05, 0.1) is 30.2 Å². The van der Waals surface area contributed by atoms with E-state index in [1.807, 2.05) is 29.6 Å². The van der Waals surface area contributed by atoms with Gasteiger partial charge in [0.25, 0.3) is 5.91 Å². The topological polar surface area (TPSA) is 84.7 Å². The van der Waals surface area contributed by atoms with Crippen molar-refractivity contribution in [1.29, 1.82) is 0 Å². The Hall–Kier alpha value is -2.78. The second-order valence-electron chi connectivity index (χ2n) is 6.00. The Balaban J connectivity index is 1.41. The lowest BCUT2D eigenvalue weighted by atomic mass is 10.2. The summed E-state index contributed by atoms with van der Waals surface area (Å²) in [5.74, 6) is 0.624. The molecule has 0 aliphatic heterocycles. The van der Waals surface area contributed by atoms with E-state index in [9.17, 15) is 4.79 Å². The van der Waals surface area contributed by atoms with Gasteiger partial charge in [0, 0.05) is 15.9 Å². The molecule has 3 aromatic heterocycles. The molecule has 7 nitrogen and oxygen atoms in total. The van der Waals surface area contributed by atoms with Crippen LogP contribution in [0.15, 0.2) is 58.8 Å². The van der Waals surface area contributed by atoms with Crippen LogP contribution in [-0.2, 0) is 13.1 Å². The summed E-state index contributed by atoms with van der Waals surface area (Å²) in [5, 5.41) is 13.6. The van der Waals surface area contributed by atoms with Crippen LogP contribution in [0, 0.1) is 0 Å². The van der Waals surface area contributed by atoms with E-state index < -0.39 is 0 Å². The summed E-state index contributed by atoms with van der Waals surface area (Å²) in [6.45, 7) is 1.66. The molecule has 9 heteroatoms. The highest BCUT2D eigenvalue weighted by Gasteiger charge is 2.11. The van der Waals surface area contributed by atoms with Gasteiger partial charge in [-0.3, -0.25) is 4.79 Å². The Labute approximate surface area is 174 Å². The predicted molar refractivity (Wildman–Crippen MR) is 113 cm³/mol. The van der Waals surface area contributed by atoms with Gasteiger partial charge in [0.2, 0.25) is 0 Å². The normalized spacial score (nSPS) is 10.9. The van der Waals surface area contributed by atoms with Crippen molar-refractivity contribution in [2.24, 2.45) is 0 Å². The molecule has 0 aliphatic carbocycles. The third-order valence-corrected chi connectivity index (χ3v) is 5.74. The first-order valence-corrected chi connectivity index (χ1v) is 10.3. The third kappa shape index (κ3) is 4.05. The molecule has 4 rings (SSSR count). The van der Waals surface area contributed by atoms with E-state index in [0.29, 0.717) is 25.2 Å². The second kappa shape index (κ2) is 8.49. The summed E-state index contributed by atoms with van der Waals surface area (Å²) in [6.07, 6.45) is 3.28. The molecule has 0 aliphatic rings. The number of halogens is 1. The molecule has 3 heterocycles. The van der Waals surface area contributed by atoms with E-state index >= 15 is 0 Å². The summed E-state index contributed by atoms with van der Waals surface area (Å²) in [6, 6.07) is 11.4. The zero-order valence-corrected chi connectivity index (χ0v) is 17.2. The molecule has 0 saturated carbocycles. The van der Waals surface area contributed by atoms with Crippen LogP contribution in [0.3, 0.4) is 0 Å². The maximum Gasteiger partial charge on any atom is 0.252 e.